The van der Waals surface area contributed by atoms with Crippen LogP contribution in [0.5, 0.6) is 0 Å². The number of halogens is 2. The Morgan fingerprint density at radius 2 is 1.68 bits per heavy atom. The van der Waals surface area contributed by atoms with Crippen LogP contribution in [-0.4, -0.2) is 9.55 Å². The minimum absolute atomic E-state index is 0.223. The Bertz CT molecular complexity index is 1280. The summed E-state index contributed by atoms with van der Waals surface area (Å²) in [5.74, 6) is -0.223. The number of nitrogens with zero attached hydrogens (tertiary/aromatic N) is 1. The summed E-state index contributed by atoms with van der Waals surface area (Å²) in [6.45, 7) is 0. The Morgan fingerprint density at radius 3 is 2.52 bits per heavy atom. The minimum atomic E-state index is -0.223. The van der Waals surface area contributed by atoms with Crippen molar-refractivity contribution < 1.29 is 4.39 Å². The number of rotatable bonds is 1. The molecule has 0 unspecified atom stereocenters. The Balaban J connectivity index is 2.02. The molecule has 3 aromatic carbocycles. The highest BCUT2D eigenvalue weighted by molar-refractivity contribution is 6.34. The van der Waals surface area contributed by atoms with Gasteiger partial charge in [0.1, 0.15) is 5.82 Å². The first-order chi connectivity index (χ1) is 12.1. The lowest BCUT2D eigenvalue weighted by atomic mass is 9.97. The first-order valence-electron chi connectivity index (χ1n) is 8.07. The Kier molecular flexibility index (Phi) is 2.97. The largest absolute Gasteiger partial charge is 0.366 e. The van der Waals surface area contributed by atoms with Gasteiger partial charge in [-0.1, -0.05) is 29.8 Å². The molecule has 0 saturated heterocycles. The fraction of sp³-hybridized carbons (Fsp3) is 0.0476. The molecule has 1 N–H and O–H groups in total. The van der Waals surface area contributed by atoms with Crippen molar-refractivity contribution in [3.05, 3.63) is 71.8 Å². The van der Waals surface area contributed by atoms with E-state index >= 15 is 0 Å². The van der Waals surface area contributed by atoms with Gasteiger partial charge in [0, 0.05) is 57.1 Å². The Morgan fingerprint density at radius 1 is 0.880 bits per heavy atom. The molecule has 0 saturated carbocycles. The highest BCUT2D eigenvalue weighted by Gasteiger charge is 2.17. The van der Waals surface area contributed by atoms with Crippen molar-refractivity contribution in [3.63, 3.8) is 0 Å². The van der Waals surface area contributed by atoms with Crippen molar-refractivity contribution in [2.45, 2.75) is 0 Å². The summed E-state index contributed by atoms with van der Waals surface area (Å²) in [5, 5.41) is 4.85. The summed E-state index contributed by atoms with van der Waals surface area (Å²) in [7, 11) is 2.01. The third-order valence-electron chi connectivity index (χ3n) is 4.96. The lowest BCUT2D eigenvalue weighted by Gasteiger charge is -2.08. The summed E-state index contributed by atoms with van der Waals surface area (Å²) >= 11 is 6.45. The quantitative estimate of drug-likeness (QED) is 0.368. The van der Waals surface area contributed by atoms with Gasteiger partial charge in [-0.25, -0.2) is 4.39 Å². The zero-order chi connectivity index (χ0) is 17.1. The van der Waals surface area contributed by atoms with Crippen molar-refractivity contribution in [2.75, 3.05) is 0 Å². The van der Waals surface area contributed by atoms with Gasteiger partial charge < -0.3 is 9.55 Å². The molecule has 122 valence electrons. The molecule has 2 heterocycles. The van der Waals surface area contributed by atoms with Gasteiger partial charge in [0.05, 0.1) is 5.52 Å². The van der Waals surface area contributed by atoms with E-state index in [4.69, 9.17) is 11.6 Å². The van der Waals surface area contributed by atoms with Crippen LogP contribution in [0.2, 0.25) is 5.02 Å². The van der Waals surface area contributed by atoms with E-state index in [0.717, 1.165) is 43.7 Å². The van der Waals surface area contributed by atoms with Crippen LogP contribution in [-0.2, 0) is 7.05 Å². The van der Waals surface area contributed by atoms with Gasteiger partial charge >= 0.3 is 0 Å². The van der Waals surface area contributed by atoms with E-state index in [1.54, 1.807) is 6.07 Å². The molecule has 0 amide bonds. The molecule has 0 spiro atoms. The number of benzene rings is 3. The van der Waals surface area contributed by atoms with Crippen LogP contribution >= 0.6 is 11.6 Å². The van der Waals surface area contributed by atoms with E-state index in [2.05, 4.69) is 15.6 Å². The molecule has 2 nitrogen and oxygen atoms in total. The van der Waals surface area contributed by atoms with Crippen molar-refractivity contribution in [1.29, 1.82) is 0 Å². The normalized spacial score (nSPS) is 11.8. The zero-order valence-corrected chi connectivity index (χ0v) is 14.2. The molecule has 25 heavy (non-hydrogen) atoms. The predicted octanol–water partition coefficient (Wildman–Crippen LogP) is 6.27. The molecule has 0 aliphatic carbocycles. The summed E-state index contributed by atoms with van der Waals surface area (Å²) in [6.07, 6.45) is 3.95. The number of fused-ring (bicyclic) bond motifs is 5. The van der Waals surface area contributed by atoms with E-state index < -0.39 is 0 Å². The number of aromatic amines is 1. The fourth-order valence-corrected chi connectivity index (χ4v) is 4.04. The summed E-state index contributed by atoms with van der Waals surface area (Å²) < 4.78 is 16.0. The summed E-state index contributed by atoms with van der Waals surface area (Å²) in [5.41, 5.74) is 4.13. The average molecular weight is 349 g/mol. The molecule has 4 heteroatoms. The van der Waals surface area contributed by atoms with Crippen LogP contribution in [0.15, 0.2) is 60.9 Å². The van der Waals surface area contributed by atoms with Crippen LogP contribution in [0.4, 0.5) is 4.39 Å². The van der Waals surface area contributed by atoms with Gasteiger partial charge in [-0.3, -0.25) is 0 Å². The first kappa shape index (κ1) is 14.6. The molecule has 0 bridgehead atoms. The van der Waals surface area contributed by atoms with Crippen LogP contribution in [0.1, 0.15) is 0 Å². The Labute approximate surface area is 148 Å². The molecular formula is C21H14ClFN2. The number of hydrogen-bond acceptors (Lipinski definition) is 0. The fourth-order valence-electron chi connectivity index (χ4n) is 3.80. The number of hydrogen-bond donors (Lipinski definition) is 1. The maximum atomic E-state index is 13.9. The van der Waals surface area contributed by atoms with Gasteiger partial charge in [0.2, 0.25) is 0 Å². The Hall–Kier alpha value is -2.78. The van der Waals surface area contributed by atoms with E-state index in [9.17, 15) is 4.39 Å². The molecule has 0 fully saturated rings. The maximum absolute atomic E-state index is 13.9. The minimum Gasteiger partial charge on any atom is -0.366 e. The number of aryl methyl sites for hydroxylation is 1. The van der Waals surface area contributed by atoms with E-state index in [1.807, 2.05) is 49.8 Å². The van der Waals surface area contributed by atoms with Gasteiger partial charge in [-0.15, -0.1) is 0 Å². The van der Waals surface area contributed by atoms with Crippen molar-refractivity contribution in [2.24, 2.45) is 7.05 Å². The molecule has 0 aliphatic rings. The van der Waals surface area contributed by atoms with Gasteiger partial charge in [0.25, 0.3) is 0 Å². The van der Waals surface area contributed by atoms with Crippen molar-refractivity contribution in [1.82, 2.24) is 9.55 Å². The molecule has 0 atom stereocenters. The second-order valence-corrected chi connectivity index (χ2v) is 6.71. The van der Waals surface area contributed by atoms with E-state index in [0.29, 0.717) is 5.02 Å². The average Bonchev–Trinajstić information content (AvgIpc) is 3.18. The number of aromatic nitrogens is 2. The third-order valence-corrected chi connectivity index (χ3v) is 5.29. The van der Waals surface area contributed by atoms with Gasteiger partial charge in [-0.05, 0) is 35.9 Å². The second kappa shape index (κ2) is 5.11. The van der Waals surface area contributed by atoms with E-state index in [-0.39, 0.29) is 5.82 Å². The molecule has 5 aromatic rings. The standard InChI is InChI=1S/C21H14ClFN2/c1-25-19-7-6-12(23)8-15(19)21-17-11-24-10-16(17)14(9-20(21)25)13-4-2-3-5-18(13)22/h2-11,24H,1H3. The van der Waals surface area contributed by atoms with Crippen LogP contribution in [0, 0.1) is 5.82 Å². The van der Waals surface area contributed by atoms with Crippen molar-refractivity contribution in [3.8, 4) is 11.1 Å². The topological polar surface area (TPSA) is 20.7 Å². The summed E-state index contributed by atoms with van der Waals surface area (Å²) in [6, 6.07) is 14.9. The molecule has 0 aliphatic heterocycles. The summed E-state index contributed by atoms with van der Waals surface area (Å²) in [4.78, 5) is 3.20. The lowest BCUT2D eigenvalue weighted by Crippen LogP contribution is -1.88. The van der Waals surface area contributed by atoms with Gasteiger partial charge in [0.15, 0.2) is 0 Å². The second-order valence-electron chi connectivity index (χ2n) is 6.30. The molecule has 2 aromatic heterocycles. The molecule has 5 rings (SSSR count). The highest BCUT2D eigenvalue weighted by atomic mass is 35.5. The monoisotopic (exact) mass is 348 g/mol. The van der Waals surface area contributed by atoms with Gasteiger partial charge in [-0.2, -0.15) is 0 Å². The van der Waals surface area contributed by atoms with Crippen LogP contribution < -0.4 is 0 Å². The maximum Gasteiger partial charge on any atom is 0.123 e. The smallest absolute Gasteiger partial charge is 0.123 e. The predicted molar refractivity (Wildman–Crippen MR) is 103 cm³/mol. The third kappa shape index (κ3) is 1.96. The van der Waals surface area contributed by atoms with Crippen LogP contribution in [0.25, 0.3) is 43.7 Å². The highest BCUT2D eigenvalue weighted by Crippen LogP contribution is 2.41. The first-order valence-corrected chi connectivity index (χ1v) is 8.45. The molecule has 0 radical (unpaired) electrons. The van der Waals surface area contributed by atoms with E-state index in [1.165, 1.54) is 6.07 Å². The van der Waals surface area contributed by atoms with Crippen LogP contribution in [0.3, 0.4) is 0 Å². The zero-order valence-electron chi connectivity index (χ0n) is 13.5. The molecular weight excluding hydrogens is 335 g/mol. The number of nitrogens with one attached hydrogen (secondary N) is 1. The lowest BCUT2D eigenvalue weighted by molar-refractivity contribution is 0.629. The SMILES string of the molecule is Cn1c2ccc(F)cc2c2c3c[nH]cc3c(-c3ccccc3Cl)cc21. The van der Waals surface area contributed by atoms with Crippen molar-refractivity contribution >= 4 is 44.2 Å². The number of H-pyrrole nitrogens is 1.